The molecule has 0 aliphatic carbocycles. The molecule has 1 aliphatic heterocycles. The number of hydrogen-bond acceptors (Lipinski definition) is 7. The predicted molar refractivity (Wildman–Crippen MR) is 122 cm³/mol. The summed E-state index contributed by atoms with van der Waals surface area (Å²) in [4.78, 5) is 35.7. The fraction of sp³-hybridized carbons (Fsp3) is 0.250. The van der Waals surface area contributed by atoms with Crippen molar-refractivity contribution in [3.63, 3.8) is 0 Å². The molecule has 32 heavy (non-hydrogen) atoms. The van der Waals surface area contributed by atoms with Crippen LogP contribution in [0.25, 0.3) is 6.08 Å². The minimum atomic E-state index is -0.723. The van der Waals surface area contributed by atoms with Gasteiger partial charge in [-0.3, -0.25) is 14.3 Å². The van der Waals surface area contributed by atoms with Crippen molar-refractivity contribution < 1.29 is 14.3 Å². The molecule has 3 aromatic rings. The Bertz CT molecular complexity index is 1370. The van der Waals surface area contributed by atoms with Gasteiger partial charge >= 0.3 is 5.97 Å². The van der Waals surface area contributed by atoms with E-state index in [4.69, 9.17) is 9.47 Å². The number of rotatable bonds is 5. The first-order valence-electron chi connectivity index (χ1n) is 10.2. The maximum Gasteiger partial charge on any atom is 0.338 e. The Hall–Kier alpha value is -3.52. The van der Waals surface area contributed by atoms with E-state index in [-0.39, 0.29) is 11.7 Å². The summed E-state index contributed by atoms with van der Waals surface area (Å²) in [6.07, 6.45) is 3.32. The van der Waals surface area contributed by atoms with Gasteiger partial charge in [-0.2, -0.15) is 0 Å². The summed E-state index contributed by atoms with van der Waals surface area (Å²) in [7, 11) is 1.32. The predicted octanol–water partition coefficient (Wildman–Crippen LogP) is 2.59. The number of allylic oxidation sites excluding steroid dienone is 1. The van der Waals surface area contributed by atoms with E-state index in [0.717, 1.165) is 0 Å². The van der Waals surface area contributed by atoms with Crippen molar-refractivity contribution in [2.75, 3.05) is 7.11 Å². The average Bonchev–Trinajstić information content (AvgIpc) is 3.07. The molecule has 0 fully saturated rings. The number of carbonyl (C=O) groups excluding carboxylic acids is 1. The van der Waals surface area contributed by atoms with Crippen LogP contribution < -0.4 is 19.6 Å². The summed E-state index contributed by atoms with van der Waals surface area (Å²) >= 11 is 1.26. The molecule has 2 aromatic heterocycles. The molecule has 0 radical (unpaired) electrons. The molecule has 1 aliphatic rings. The van der Waals surface area contributed by atoms with Gasteiger partial charge in [0.05, 0.1) is 34.7 Å². The number of ether oxygens (including phenoxy) is 2. The van der Waals surface area contributed by atoms with E-state index in [2.05, 4.69) is 9.98 Å². The fourth-order valence-electron chi connectivity index (χ4n) is 3.65. The summed E-state index contributed by atoms with van der Waals surface area (Å²) in [5.41, 5.74) is 1.93. The van der Waals surface area contributed by atoms with E-state index in [1.54, 1.807) is 23.8 Å². The van der Waals surface area contributed by atoms with Gasteiger partial charge in [0.15, 0.2) is 4.80 Å². The van der Waals surface area contributed by atoms with Crippen LogP contribution in [0.2, 0.25) is 0 Å². The number of nitrogens with zero attached hydrogens (tertiary/aromatic N) is 3. The average molecular weight is 450 g/mol. The van der Waals surface area contributed by atoms with E-state index >= 15 is 0 Å². The van der Waals surface area contributed by atoms with Crippen molar-refractivity contribution in [1.29, 1.82) is 0 Å². The standard InChI is InChI=1S/C24H23N3O4S/c1-14(2)31-18-11-6-5-10-17(18)21-20(23(29)30-4)15(3)26-24-27(21)22(28)19(32-24)13-16-9-7-8-12-25-16/h5-14,21H,1-4H3. The molecule has 0 spiro atoms. The van der Waals surface area contributed by atoms with Crippen molar-refractivity contribution in [2.24, 2.45) is 4.99 Å². The molecule has 0 saturated carbocycles. The third-order valence-electron chi connectivity index (χ3n) is 4.97. The third kappa shape index (κ3) is 4.01. The molecule has 1 aromatic carbocycles. The highest BCUT2D eigenvalue weighted by atomic mass is 32.1. The molecule has 1 unspecified atom stereocenters. The molecule has 0 bridgehead atoms. The normalized spacial score (nSPS) is 16.0. The van der Waals surface area contributed by atoms with Crippen LogP contribution >= 0.6 is 11.3 Å². The minimum Gasteiger partial charge on any atom is -0.491 e. The second-order valence-corrected chi connectivity index (χ2v) is 8.54. The van der Waals surface area contributed by atoms with Gasteiger partial charge in [0.1, 0.15) is 11.8 Å². The zero-order chi connectivity index (χ0) is 22.8. The highest BCUT2D eigenvalue weighted by molar-refractivity contribution is 7.07. The van der Waals surface area contributed by atoms with E-state index in [0.29, 0.717) is 37.6 Å². The number of fused-ring (bicyclic) bond motifs is 1. The topological polar surface area (TPSA) is 82.8 Å². The summed E-state index contributed by atoms with van der Waals surface area (Å²) < 4.78 is 13.1. The van der Waals surface area contributed by atoms with Gasteiger partial charge in [-0.05, 0) is 45.0 Å². The lowest BCUT2D eigenvalue weighted by Gasteiger charge is -2.26. The maximum absolute atomic E-state index is 13.5. The Morgan fingerprint density at radius 2 is 1.94 bits per heavy atom. The number of carbonyl (C=O) groups is 1. The van der Waals surface area contributed by atoms with Gasteiger partial charge in [0.2, 0.25) is 0 Å². The Morgan fingerprint density at radius 1 is 1.19 bits per heavy atom. The molecule has 0 amide bonds. The van der Waals surface area contributed by atoms with Crippen molar-refractivity contribution in [3.8, 4) is 5.75 Å². The minimum absolute atomic E-state index is 0.0807. The van der Waals surface area contributed by atoms with Crippen molar-refractivity contribution in [1.82, 2.24) is 9.55 Å². The van der Waals surface area contributed by atoms with Crippen LogP contribution in [0.1, 0.15) is 38.1 Å². The van der Waals surface area contributed by atoms with Crippen molar-refractivity contribution in [2.45, 2.75) is 32.9 Å². The van der Waals surface area contributed by atoms with Crippen LogP contribution in [0.15, 0.2) is 69.7 Å². The molecule has 4 rings (SSSR count). The van der Waals surface area contributed by atoms with Crippen LogP contribution in [0, 0.1) is 0 Å². The van der Waals surface area contributed by atoms with Gasteiger partial charge in [0, 0.05) is 11.8 Å². The van der Waals surface area contributed by atoms with Crippen LogP contribution in [0.3, 0.4) is 0 Å². The SMILES string of the molecule is COC(=O)C1=C(C)N=c2sc(=Cc3ccccn3)c(=O)n2C1c1ccccc1OC(C)C. The third-order valence-corrected chi connectivity index (χ3v) is 5.95. The Balaban J connectivity index is 2.00. The molecular formula is C24H23N3O4S. The first-order chi connectivity index (χ1) is 15.4. The summed E-state index contributed by atoms with van der Waals surface area (Å²) in [5.74, 6) is 0.0671. The summed E-state index contributed by atoms with van der Waals surface area (Å²) in [5, 5.41) is 0. The number of thiazole rings is 1. The Morgan fingerprint density at radius 3 is 2.62 bits per heavy atom. The first-order valence-corrected chi connectivity index (χ1v) is 11.0. The van der Waals surface area contributed by atoms with Gasteiger partial charge in [-0.15, -0.1) is 0 Å². The van der Waals surface area contributed by atoms with Gasteiger partial charge in [0.25, 0.3) is 5.56 Å². The number of para-hydroxylation sites is 1. The first kappa shape index (κ1) is 21.7. The molecule has 7 nitrogen and oxygen atoms in total. The number of benzene rings is 1. The van der Waals surface area contributed by atoms with E-state index < -0.39 is 12.0 Å². The summed E-state index contributed by atoms with van der Waals surface area (Å²) in [6.45, 7) is 5.61. The summed E-state index contributed by atoms with van der Waals surface area (Å²) in [6, 6.07) is 12.2. The van der Waals surface area contributed by atoms with Crippen LogP contribution in [-0.2, 0) is 9.53 Å². The Kier molecular flexibility index (Phi) is 6.05. The van der Waals surface area contributed by atoms with E-state index in [1.807, 2.05) is 56.3 Å². The number of hydrogen-bond donors (Lipinski definition) is 0. The largest absolute Gasteiger partial charge is 0.491 e. The zero-order valence-electron chi connectivity index (χ0n) is 18.2. The second-order valence-electron chi connectivity index (χ2n) is 7.53. The molecular weight excluding hydrogens is 426 g/mol. The van der Waals surface area contributed by atoms with Crippen molar-refractivity contribution in [3.05, 3.63) is 90.9 Å². The molecule has 3 heterocycles. The fourth-order valence-corrected chi connectivity index (χ4v) is 4.68. The maximum atomic E-state index is 13.5. The van der Waals surface area contributed by atoms with Gasteiger partial charge < -0.3 is 9.47 Å². The Labute approximate surface area is 189 Å². The van der Waals surface area contributed by atoms with Gasteiger partial charge in [-0.25, -0.2) is 9.79 Å². The highest BCUT2D eigenvalue weighted by Crippen LogP contribution is 2.36. The molecule has 1 atom stereocenters. The molecule has 164 valence electrons. The lowest BCUT2D eigenvalue weighted by atomic mass is 9.95. The van der Waals surface area contributed by atoms with Crippen molar-refractivity contribution >= 4 is 23.4 Å². The number of methoxy groups -OCH3 is 1. The van der Waals surface area contributed by atoms with Crippen LogP contribution in [0.5, 0.6) is 5.75 Å². The van der Waals surface area contributed by atoms with E-state index in [1.165, 1.54) is 18.4 Å². The smallest absolute Gasteiger partial charge is 0.338 e. The van der Waals surface area contributed by atoms with Crippen LogP contribution in [-0.4, -0.2) is 28.7 Å². The number of esters is 1. The molecule has 8 heteroatoms. The van der Waals surface area contributed by atoms with E-state index in [9.17, 15) is 9.59 Å². The monoisotopic (exact) mass is 449 g/mol. The number of pyridine rings is 1. The highest BCUT2D eigenvalue weighted by Gasteiger charge is 2.34. The van der Waals surface area contributed by atoms with Crippen LogP contribution in [0.4, 0.5) is 0 Å². The lowest BCUT2D eigenvalue weighted by molar-refractivity contribution is -0.136. The lowest BCUT2D eigenvalue weighted by Crippen LogP contribution is -2.40. The molecule has 0 N–H and O–H groups in total. The quantitative estimate of drug-likeness (QED) is 0.559. The van der Waals surface area contributed by atoms with Gasteiger partial charge in [-0.1, -0.05) is 35.6 Å². The number of aromatic nitrogens is 2. The molecule has 0 saturated heterocycles. The second kappa shape index (κ2) is 8.92. The zero-order valence-corrected chi connectivity index (χ0v) is 19.1.